The summed E-state index contributed by atoms with van der Waals surface area (Å²) in [6.07, 6.45) is 0. The fourth-order valence-corrected chi connectivity index (χ4v) is 7.32. The van der Waals surface area contributed by atoms with E-state index < -0.39 is 0 Å². The first-order valence-corrected chi connectivity index (χ1v) is 17.1. The molecular formula is C47H29N3O. The van der Waals surface area contributed by atoms with E-state index >= 15 is 0 Å². The number of aromatic nitrogens is 3. The van der Waals surface area contributed by atoms with E-state index in [1.807, 2.05) is 60.7 Å². The molecule has 0 atom stereocenters. The molecule has 2 aromatic heterocycles. The van der Waals surface area contributed by atoms with Crippen molar-refractivity contribution in [2.45, 2.75) is 0 Å². The molecule has 10 rings (SSSR count). The molecule has 0 aliphatic heterocycles. The Labute approximate surface area is 294 Å². The van der Waals surface area contributed by atoms with E-state index in [0.717, 1.165) is 65.9 Å². The zero-order chi connectivity index (χ0) is 33.7. The molecule has 0 bridgehead atoms. The first kappa shape index (κ1) is 29.0. The summed E-state index contributed by atoms with van der Waals surface area (Å²) in [5, 5.41) is 6.74. The van der Waals surface area contributed by atoms with Crippen molar-refractivity contribution in [1.82, 2.24) is 15.0 Å². The van der Waals surface area contributed by atoms with Gasteiger partial charge in [0.05, 0.1) is 0 Å². The lowest BCUT2D eigenvalue weighted by molar-refractivity contribution is 0.670. The van der Waals surface area contributed by atoms with Gasteiger partial charge in [-0.1, -0.05) is 158 Å². The van der Waals surface area contributed by atoms with Gasteiger partial charge in [-0.2, -0.15) is 0 Å². The molecule has 0 spiro atoms. The molecule has 0 saturated heterocycles. The third kappa shape index (κ3) is 4.96. The SMILES string of the molecule is c1ccc(-c2nc(-c3ccccc3)nc(-c3cc(-c4ccc(-c5ccccc5)c5ccccc45)c4oc5ccc6ccccc6c5c4c3)n2)cc1. The van der Waals surface area contributed by atoms with Gasteiger partial charge in [-0.25, -0.2) is 15.0 Å². The summed E-state index contributed by atoms with van der Waals surface area (Å²) in [7, 11) is 0. The quantitative estimate of drug-likeness (QED) is 0.186. The second kappa shape index (κ2) is 11.9. The molecule has 0 aliphatic carbocycles. The number of fused-ring (bicyclic) bond motifs is 6. The van der Waals surface area contributed by atoms with Gasteiger partial charge >= 0.3 is 0 Å². The molecule has 0 radical (unpaired) electrons. The molecule has 0 saturated carbocycles. The van der Waals surface area contributed by atoms with Gasteiger partial charge < -0.3 is 4.42 Å². The highest BCUT2D eigenvalue weighted by Gasteiger charge is 2.21. The Morgan fingerprint density at radius 2 is 0.843 bits per heavy atom. The number of rotatable bonds is 5. The van der Waals surface area contributed by atoms with E-state index in [-0.39, 0.29) is 0 Å². The van der Waals surface area contributed by atoms with Gasteiger partial charge in [0.25, 0.3) is 0 Å². The molecular weight excluding hydrogens is 623 g/mol. The molecule has 51 heavy (non-hydrogen) atoms. The van der Waals surface area contributed by atoms with Crippen LogP contribution in [0.2, 0.25) is 0 Å². The Bertz CT molecular complexity index is 2840. The summed E-state index contributed by atoms with van der Waals surface area (Å²) < 4.78 is 6.83. The van der Waals surface area contributed by atoms with Crippen LogP contribution >= 0.6 is 0 Å². The monoisotopic (exact) mass is 651 g/mol. The van der Waals surface area contributed by atoms with Crippen LogP contribution in [0.3, 0.4) is 0 Å². The van der Waals surface area contributed by atoms with Crippen molar-refractivity contribution in [2.75, 3.05) is 0 Å². The first-order chi connectivity index (χ1) is 25.3. The Morgan fingerprint density at radius 3 is 1.49 bits per heavy atom. The summed E-state index contributed by atoms with van der Waals surface area (Å²) in [5.41, 5.74) is 8.88. The summed E-state index contributed by atoms with van der Waals surface area (Å²) in [5.74, 6) is 1.85. The Hall–Kier alpha value is -6.91. The van der Waals surface area contributed by atoms with Crippen molar-refractivity contribution in [3.63, 3.8) is 0 Å². The summed E-state index contributed by atoms with van der Waals surface area (Å²) in [6.45, 7) is 0. The minimum atomic E-state index is 0.602. The molecule has 4 heteroatoms. The molecule has 0 fully saturated rings. The average Bonchev–Trinajstić information content (AvgIpc) is 3.60. The van der Waals surface area contributed by atoms with Crippen LogP contribution in [0.25, 0.3) is 99.9 Å². The fourth-order valence-electron chi connectivity index (χ4n) is 7.32. The maximum absolute atomic E-state index is 6.83. The van der Waals surface area contributed by atoms with E-state index in [1.54, 1.807) is 0 Å². The minimum Gasteiger partial charge on any atom is -0.455 e. The molecule has 0 unspecified atom stereocenters. The van der Waals surface area contributed by atoms with Gasteiger partial charge in [0.1, 0.15) is 11.2 Å². The number of hydrogen-bond acceptors (Lipinski definition) is 4. The average molecular weight is 652 g/mol. The second-order valence-corrected chi connectivity index (χ2v) is 12.8. The van der Waals surface area contributed by atoms with Gasteiger partial charge in [-0.15, -0.1) is 0 Å². The molecule has 0 amide bonds. The lowest BCUT2D eigenvalue weighted by atomic mass is 9.90. The lowest BCUT2D eigenvalue weighted by Crippen LogP contribution is -2.00. The van der Waals surface area contributed by atoms with Crippen molar-refractivity contribution in [3.05, 3.63) is 176 Å². The largest absolute Gasteiger partial charge is 0.455 e. The van der Waals surface area contributed by atoms with Crippen LogP contribution in [0.1, 0.15) is 0 Å². The van der Waals surface area contributed by atoms with Crippen LogP contribution in [0.4, 0.5) is 0 Å². The third-order valence-corrected chi connectivity index (χ3v) is 9.72. The van der Waals surface area contributed by atoms with Gasteiger partial charge in [-0.05, 0) is 56.4 Å². The number of furan rings is 1. The molecule has 238 valence electrons. The van der Waals surface area contributed by atoms with Crippen LogP contribution in [0, 0.1) is 0 Å². The standard InChI is InChI=1S/C47H29N3O/c1-4-14-30(15-5-1)35-25-26-39(38-23-13-12-22-37(35)38)40-28-34(29-41-43-36-21-11-10-16-31(36)24-27-42(43)51-44(40)41)47-49-45(32-17-6-2-7-18-32)48-46(50-47)33-19-8-3-9-20-33/h1-29H. The Kier molecular flexibility index (Phi) is 6.78. The van der Waals surface area contributed by atoms with Crippen LogP contribution in [0.15, 0.2) is 180 Å². The second-order valence-electron chi connectivity index (χ2n) is 12.8. The third-order valence-electron chi connectivity index (χ3n) is 9.72. The van der Waals surface area contributed by atoms with Crippen molar-refractivity contribution in [2.24, 2.45) is 0 Å². The summed E-state index contributed by atoms with van der Waals surface area (Å²) >= 11 is 0. The maximum Gasteiger partial charge on any atom is 0.164 e. The molecule has 8 aromatic carbocycles. The highest BCUT2D eigenvalue weighted by Crippen LogP contribution is 2.44. The number of hydrogen-bond donors (Lipinski definition) is 0. The predicted molar refractivity (Wildman–Crippen MR) is 209 cm³/mol. The molecule has 10 aromatic rings. The van der Waals surface area contributed by atoms with E-state index in [9.17, 15) is 0 Å². The topological polar surface area (TPSA) is 51.8 Å². The zero-order valence-electron chi connectivity index (χ0n) is 27.5. The summed E-state index contributed by atoms with van der Waals surface area (Å²) in [6, 6.07) is 61.0. The van der Waals surface area contributed by atoms with E-state index in [1.165, 1.54) is 16.5 Å². The summed E-state index contributed by atoms with van der Waals surface area (Å²) in [4.78, 5) is 15.2. The molecule has 0 N–H and O–H groups in total. The van der Waals surface area contributed by atoms with Crippen molar-refractivity contribution in [1.29, 1.82) is 0 Å². The van der Waals surface area contributed by atoms with Crippen LogP contribution < -0.4 is 0 Å². The highest BCUT2D eigenvalue weighted by molar-refractivity contribution is 6.22. The van der Waals surface area contributed by atoms with Gasteiger partial charge in [-0.3, -0.25) is 0 Å². The van der Waals surface area contributed by atoms with Crippen molar-refractivity contribution >= 4 is 43.5 Å². The Balaban J connectivity index is 1.30. The van der Waals surface area contributed by atoms with Crippen molar-refractivity contribution in [3.8, 4) is 56.4 Å². The van der Waals surface area contributed by atoms with E-state index in [2.05, 4.69) is 115 Å². The Morgan fingerprint density at radius 1 is 0.333 bits per heavy atom. The lowest BCUT2D eigenvalue weighted by Gasteiger charge is -2.14. The van der Waals surface area contributed by atoms with Gasteiger partial charge in [0, 0.05) is 33.0 Å². The number of benzene rings is 8. The van der Waals surface area contributed by atoms with Crippen LogP contribution in [0.5, 0.6) is 0 Å². The zero-order valence-corrected chi connectivity index (χ0v) is 27.5. The minimum absolute atomic E-state index is 0.602. The smallest absolute Gasteiger partial charge is 0.164 e. The molecule has 0 aliphatic rings. The van der Waals surface area contributed by atoms with Gasteiger partial charge in [0.15, 0.2) is 17.5 Å². The number of nitrogens with zero attached hydrogens (tertiary/aromatic N) is 3. The predicted octanol–water partition coefficient (Wildman–Crippen LogP) is 12.4. The first-order valence-electron chi connectivity index (χ1n) is 17.1. The normalized spacial score (nSPS) is 11.5. The molecule has 4 nitrogen and oxygen atoms in total. The van der Waals surface area contributed by atoms with Crippen LogP contribution in [-0.2, 0) is 0 Å². The van der Waals surface area contributed by atoms with Gasteiger partial charge in [0.2, 0.25) is 0 Å². The highest BCUT2D eigenvalue weighted by atomic mass is 16.3. The fraction of sp³-hybridized carbons (Fsp3) is 0. The van der Waals surface area contributed by atoms with Crippen molar-refractivity contribution < 1.29 is 4.42 Å². The van der Waals surface area contributed by atoms with E-state index in [4.69, 9.17) is 19.4 Å². The van der Waals surface area contributed by atoms with Crippen LogP contribution in [-0.4, -0.2) is 15.0 Å². The van der Waals surface area contributed by atoms with E-state index in [0.29, 0.717) is 17.5 Å². The molecule has 2 heterocycles. The maximum atomic E-state index is 6.83.